The zero-order valence-corrected chi connectivity index (χ0v) is 13.2. The average Bonchev–Trinajstić information content (AvgIpc) is 2.54. The number of nitrogens with one attached hydrogen (secondary N) is 1. The zero-order valence-electron chi connectivity index (χ0n) is 13.2. The van der Waals surface area contributed by atoms with Gasteiger partial charge in [-0.2, -0.15) is 0 Å². The summed E-state index contributed by atoms with van der Waals surface area (Å²) < 4.78 is 22.4. The van der Waals surface area contributed by atoms with E-state index in [-0.39, 0.29) is 6.10 Å². The number of hydrogen-bond donors (Lipinski definition) is 3. The molecule has 2 aliphatic heterocycles. The van der Waals surface area contributed by atoms with Crippen LogP contribution < -0.4 is 5.32 Å². The molecule has 0 radical (unpaired) electrons. The fraction of sp³-hybridized carbons (Fsp3) is 0.625. The monoisotopic (exact) mass is 325 g/mol. The third kappa shape index (κ3) is 3.82. The Balaban J connectivity index is 1.69. The van der Waals surface area contributed by atoms with Gasteiger partial charge in [0.1, 0.15) is 24.4 Å². The second-order valence-corrected chi connectivity index (χ2v) is 5.79. The van der Waals surface area contributed by atoms with Gasteiger partial charge in [-0.25, -0.2) is 0 Å². The number of anilines is 1. The van der Waals surface area contributed by atoms with Crippen molar-refractivity contribution >= 4 is 5.69 Å². The Morgan fingerprint density at radius 1 is 1.04 bits per heavy atom. The van der Waals surface area contributed by atoms with Crippen LogP contribution in [0.2, 0.25) is 0 Å². The van der Waals surface area contributed by atoms with Gasteiger partial charge in [-0.3, -0.25) is 0 Å². The highest BCUT2D eigenvalue weighted by Crippen LogP contribution is 2.29. The molecule has 0 aliphatic carbocycles. The first kappa shape index (κ1) is 16.6. The van der Waals surface area contributed by atoms with E-state index < -0.39 is 37.1 Å². The Morgan fingerprint density at radius 3 is 2.52 bits per heavy atom. The van der Waals surface area contributed by atoms with E-state index in [1.54, 1.807) is 26.0 Å². The standard InChI is InChI=1S/C16H23NO6/c1-9-20-8-12-14(22-9)15(23-10(2)21-12)13(18)16(19)17-11-6-4-3-5-7-11/h3-7,9-10,12-19H,8H2,1-2H3/t9?,10?,12-,13-,14-,15-,16?/m1/s1. The molecule has 1 aromatic carbocycles. The van der Waals surface area contributed by atoms with Crippen molar-refractivity contribution in [3.8, 4) is 0 Å². The van der Waals surface area contributed by atoms with E-state index in [2.05, 4.69) is 5.32 Å². The SMILES string of the molecule is CC1OC[C@H]2OC(C)O[C@H]([C@@H](O)C(O)Nc3ccccc3)[C@@H]2O1. The van der Waals surface area contributed by atoms with Crippen molar-refractivity contribution in [2.24, 2.45) is 0 Å². The van der Waals surface area contributed by atoms with Crippen molar-refractivity contribution in [2.75, 3.05) is 11.9 Å². The smallest absolute Gasteiger partial charge is 0.156 e. The maximum Gasteiger partial charge on any atom is 0.156 e. The van der Waals surface area contributed by atoms with Gasteiger partial charge in [0.05, 0.1) is 6.61 Å². The fourth-order valence-corrected chi connectivity index (χ4v) is 2.90. The number of aliphatic hydroxyl groups excluding tert-OH is 2. The Morgan fingerprint density at radius 2 is 1.78 bits per heavy atom. The maximum atomic E-state index is 10.5. The van der Waals surface area contributed by atoms with E-state index in [1.165, 1.54) is 0 Å². The van der Waals surface area contributed by atoms with Crippen molar-refractivity contribution in [1.29, 1.82) is 0 Å². The van der Waals surface area contributed by atoms with Crippen LogP contribution >= 0.6 is 0 Å². The first-order valence-corrected chi connectivity index (χ1v) is 7.80. The lowest BCUT2D eigenvalue weighted by Gasteiger charge is -2.46. The molecule has 0 spiro atoms. The third-order valence-electron chi connectivity index (χ3n) is 4.00. The maximum absolute atomic E-state index is 10.5. The lowest BCUT2D eigenvalue weighted by atomic mass is 9.99. The van der Waals surface area contributed by atoms with Gasteiger partial charge in [0.25, 0.3) is 0 Å². The summed E-state index contributed by atoms with van der Waals surface area (Å²) in [7, 11) is 0. The molecule has 2 heterocycles. The van der Waals surface area contributed by atoms with Gasteiger partial charge in [-0.1, -0.05) is 18.2 Å². The quantitative estimate of drug-likeness (QED) is 0.701. The fourth-order valence-electron chi connectivity index (χ4n) is 2.90. The van der Waals surface area contributed by atoms with Crippen LogP contribution in [-0.2, 0) is 18.9 Å². The van der Waals surface area contributed by atoms with Gasteiger partial charge in [-0.15, -0.1) is 0 Å². The first-order chi connectivity index (χ1) is 11.0. The molecule has 23 heavy (non-hydrogen) atoms. The second-order valence-electron chi connectivity index (χ2n) is 5.79. The molecule has 0 aromatic heterocycles. The normalized spacial score (nSPS) is 36.8. The molecular formula is C16H23NO6. The molecule has 7 heteroatoms. The van der Waals surface area contributed by atoms with Crippen LogP contribution in [0.3, 0.4) is 0 Å². The molecule has 2 aliphatic rings. The van der Waals surface area contributed by atoms with E-state index in [0.717, 1.165) is 0 Å². The van der Waals surface area contributed by atoms with Gasteiger partial charge in [0, 0.05) is 5.69 Å². The van der Waals surface area contributed by atoms with Crippen LogP contribution in [0.15, 0.2) is 30.3 Å². The van der Waals surface area contributed by atoms with Crippen LogP contribution in [0.4, 0.5) is 5.69 Å². The molecular weight excluding hydrogens is 302 g/mol. The van der Waals surface area contributed by atoms with Crippen LogP contribution in [0.1, 0.15) is 13.8 Å². The predicted molar refractivity (Wildman–Crippen MR) is 81.6 cm³/mol. The number of fused-ring (bicyclic) bond motifs is 1. The molecule has 0 saturated carbocycles. The minimum absolute atomic E-state index is 0.335. The van der Waals surface area contributed by atoms with Gasteiger partial charge < -0.3 is 34.5 Å². The summed E-state index contributed by atoms with van der Waals surface area (Å²) in [6.07, 6.45) is -4.86. The molecule has 3 rings (SSSR count). The molecule has 0 bridgehead atoms. The summed E-state index contributed by atoms with van der Waals surface area (Å²) in [6, 6.07) is 9.17. The van der Waals surface area contributed by atoms with E-state index in [9.17, 15) is 10.2 Å². The summed E-state index contributed by atoms with van der Waals surface area (Å²) in [4.78, 5) is 0. The Labute approximate surface area is 135 Å². The molecule has 128 valence electrons. The van der Waals surface area contributed by atoms with Crippen molar-refractivity contribution in [3.63, 3.8) is 0 Å². The summed E-state index contributed by atoms with van der Waals surface area (Å²) in [5.41, 5.74) is 0.706. The number of benzene rings is 1. The zero-order chi connectivity index (χ0) is 16.4. The lowest BCUT2D eigenvalue weighted by molar-refractivity contribution is -0.363. The Kier molecular flexibility index (Phi) is 5.15. The van der Waals surface area contributed by atoms with Gasteiger partial charge >= 0.3 is 0 Å². The van der Waals surface area contributed by atoms with Crippen molar-refractivity contribution in [1.82, 2.24) is 0 Å². The minimum atomic E-state index is -1.20. The van der Waals surface area contributed by atoms with Crippen molar-refractivity contribution in [3.05, 3.63) is 30.3 Å². The summed E-state index contributed by atoms with van der Waals surface area (Å²) >= 11 is 0. The molecule has 2 fully saturated rings. The van der Waals surface area contributed by atoms with E-state index in [4.69, 9.17) is 18.9 Å². The Bertz CT molecular complexity index is 501. The highest BCUT2D eigenvalue weighted by Gasteiger charge is 2.47. The molecule has 2 saturated heterocycles. The third-order valence-corrected chi connectivity index (χ3v) is 4.00. The lowest BCUT2D eigenvalue weighted by Crippen LogP contribution is -2.62. The van der Waals surface area contributed by atoms with Crippen molar-refractivity contribution in [2.45, 2.75) is 57.1 Å². The van der Waals surface area contributed by atoms with Crippen LogP contribution in [-0.4, -0.2) is 60.0 Å². The number of ether oxygens (including phenoxy) is 4. The van der Waals surface area contributed by atoms with Crippen LogP contribution in [0.5, 0.6) is 0 Å². The molecule has 3 N–H and O–H groups in total. The van der Waals surface area contributed by atoms with E-state index >= 15 is 0 Å². The average molecular weight is 325 g/mol. The molecule has 1 aromatic rings. The minimum Gasteiger partial charge on any atom is -0.386 e. The molecule has 3 unspecified atom stereocenters. The molecule has 0 amide bonds. The number of hydrogen-bond acceptors (Lipinski definition) is 7. The molecule has 7 atom stereocenters. The predicted octanol–water partition coefficient (Wildman–Crippen LogP) is 0.669. The number of aliphatic hydroxyl groups is 2. The van der Waals surface area contributed by atoms with Gasteiger partial charge in [0.2, 0.25) is 0 Å². The second kappa shape index (κ2) is 7.12. The van der Waals surface area contributed by atoms with E-state index in [0.29, 0.717) is 12.3 Å². The van der Waals surface area contributed by atoms with Crippen LogP contribution in [0, 0.1) is 0 Å². The largest absolute Gasteiger partial charge is 0.386 e. The Hall–Kier alpha value is -1.22. The highest BCUT2D eigenvalue weighted by molar-refractivity contribution is 5.43. The first-order valence-electron chi connectivity index (χ1n) is 7.80. The summed E-state index contributed by atoms with van der Waals surface area (Å²) in [5, 5.41) is 23.7. The van der Waals surface area contributed by atoms with Crippen molar-refractivity contribution < 1.29 is 29.2 Å². The molecule has 7 nitrogen and oxygen atoms in total. The summed E-state index contributed by atoms with van der Waals surface area (Å²) in [5.74, 6) is 0. The number of rotatable bonds is 4. The van der Waals surface area contributed by atoms with E-state index in [1.807, 2.05) is 18.2 Å². The van der Waals surface area contributed by atoms with Gasteiger partial charge in [-0.05, 0) is 26.0 Å². The van der Waals surface area contributed by atoms with Gasteiger partial charge in [0.15, 0.2) is 18.8 Å². The highest BCUT2D eigenvalue weighted by atomic mass is 16.8. The summed E-state index contributed by atoms with van der Waals surface area (Å²) in [6.45, 7) is 3.88. The number of para-hydroxylation sites is 1. The van der Waals surface area contributed by atoms with Crippen LogP contribution in [0.25, 0.3) is 0 Å². The topological polar surface area (TPSA) is 89.4 Å².